The molecule has 0 saturated heterocycles. The lowest BCUT2D eigenvalue weighted by molar-refractivity contribution is -0.144. The number of hydrogen-bond acceptors (Lipinski definition) is 2. The summed E-state index contributed by atoms with van der Waals surface area (Å²) in [7, 11) is 0. The van der Waals surface area contributed by atoms with Crippen LogP contribution in [-0.2, 0) is 9.59 Å². The molecular weight excluding hydrogens is 216 g/mol. The highest BCUT2D eigenvalue weighted by Gasteiger charge is 2.55. The molecule has 0 spiro atoms. The fourth-order valence-electron chi connectivity index (χ4n) is 4.81. The fourth-order valence-corrected chi connectivity index (χ4v) is 4.81. The lowest BCUT2D eigenvalue weighted by atomic mass is 9.48. The molecule has 1 N–H and O–H groups in total. The summed E-state index contributed by atoms with van der Waals surface area (Å²) in [5.74, 6) is 0.653. The summed E-state index contributed by atoms with van der Waals surface area (Å²) in [6.45, 7) is 3.46. The minimum Gasteiger partial charge on any atom is -0.478 e. The molecule has 0 aromatic rings. The highest BCUT2D eigenvalue weighted by Crippen LogP contribution is 2.60. The summed E-state index contributed by atoms with van der Waals surface area (Å²) in [4.78, 5) is 23.3. The molecule has 0 aromatic carbocycles. The molecule has 4 rings (SSSR count). The minimum absolute atomic E-state index is 0.177. The van der Waals surface area contributed by atoms with Gasteiger partial charge in [0.2, 0.25) is 0 Å². The molecule has 4 bridgehead atoms. The largest absolute Gasteiger partial charge is 0.478 e. The van der Waals surface area contributed by atoms with Gasteiger partial charge in [0.25, 0.3) is 0 Å². The quantitative estimate of drug-likeness (QED) is 0.463. The van der Waals surface area contributed by atoms with Gasteiger partial charge in [-0.2, -0.15) is 0 Å². The molecule has 3 heteroatoms. The van der Waals surface area contributed by atoms with E-state index in [0.29, 0.717) is 17.8 Å². The van der Waals surface area contributed by atoms with Crippen LogP contribution in [0.4, 0.5) is 0 Å². The number of aliphatic carboxylic acids is 1. The smallest absolute Gasteiger partial charge is 0.338 e. The first-order valence-electron chi connectivity index (χ1n) is 6.47. The van der Waals surface area contributed by atoms with E-state index < -0.39 is 5.97 Å². The van der Waals surface area contributed by atoms with Crippen LogP contribution in [0, 0.1) is 23.2 Å². The molecule has 3 nitrogen and oxygen atoms in total. The lowest BCUT2D eigenvalue weighted by Gasteiger charge is -2.55. The normalized spacial score (nSPS) is 42.5. The van der Waals surface area contributed by atoms with Crippen molar-refractivity contribution >= 4 is 11.8 Å². The molecule has 4 saturated carbocycles. The van der Waals surface area contributed by atoms with Gasteiger partial charge in [-0.05, 0) is 56.3 Å². The summed E-state index contributed by atoms with van der Waals surface area (Å²) in [5, 5.41) is 8.93. The Kier molecular flexibility index (Phi) is 2.22. The Bertz CT molecular complexity index is 372. The zero-order valence-corrected chi connectivity index (χ0v) is 9.95. The first-order chi connectivity index (χ1) is 8.00. The molecule has 4 fully saturated rings. The Balaban J connectivity index is 1.89. The predicted octanol–water partition coefficient (Wildman–Crippen LogP) is 2.41. The van der Waals surface area contributed by atoms with Crippen molar-refractivity contribution in [1.29, 1.82) is 0 Å². The van der Waals surface area contributed by atoms with Gasteiger partial charge in [-0.25, -0.2) is 4.79 Å². The third-order valence-electron chi connectivity index (χ3n) is 5.05. The topological polar surface area (TPSA) is 54.4 Å². The molecule has 4 aliphatic rings. The van der Waals surface area contributed by atoms with Crippen LogP contribution >= 0.6 is 0 Å². The highest BCUT2D eigenvalue weighted by atomic mass is 16.4. The van der Waals surface area contributed by atoms with E-state index in [-0.39, 0.29) is 16.8 Å². The van der Waals surface area contributed by atoms with Crippen molar-refractivity contribution in [1.82, 2.24) is 0 Å². The molecule has 17 heavy (non-hydrogen) atoms. The van der Waals surface area contributed by atoms with Gasteiger partial charge in [0, 0.05) is 5.41 Å². The van der Waals surface area contributed by atoms with Gasteiger partial charge in [0.1, 0.15) is 0 Å². The summed E-state index contributed by atoms with van der Waals surface area (Å²) in [6, 6.07) is 0. The van der Waals surface area contributed by atoms with Gasteiger partial charge in [-0.15, -0.1) is 0 Å². The molecule has 4 aliphatic carbocycles. The number of hydrogen-bond donors (Lipinski definition) is 1. The molecule has 92 valence electrons. The predicted molar refractivity (Wildman–Crippen MR) is 62.4 cm³/mol. The Hall–Kier alpha value is -1.12. The highest BCUT2D eigenvalue weighted by molar-refractivity contribution is 6.18. The second-order valence-electron chi connectivity index (χ2n) is 6.31. The number of carbonyl (C=O) groups is 2. The minimum atomic E-state index is -1.15. The van der Waals surface area contributed by atoms with Crippen LogP contribution in [0.25, 0.3) is 0 Å². The molecule has 0 radical (unpaired) electrons. The molecule has 0 unspecified atom stereocenters. The second-order valence-corrected chi connectivity index (χ2v) is 6.31. The van der Waals surface area contributed by atoms with E-state index in [9.17, 15) is 9.59 Å². The standard InChI is InChI=1S/C14H18O3/c1-8(13(16)17)12(15)14-5-9-2-10(6-14)4-11(3-9)7-14/h9-11H,1-7H2,(H,16,17). The Labute approximate surface area is 101 Å². The van der Waals surface area contributed by atoms with Gasteiger partial charge in [0.05, 0.1) is 5.57 Å². The molecule has 0 heterocycles. The SMILES string of the molecule is C=C(C(=O)O)C(=O)C12CC3CC(CC(C3)C1)C2. The van der Waals surface area contributed by atoms with Crippen molar-refractivity contribution in [3.63, 3.8) is 0 Å². The lowest BCUT2D eigenvalue weighted by Crippen LogP contribution is -2.50. The van der Waals surface area contributed by atoms with Crippen molar-refractivity contribution in [2.45, 2.75) is 38.5 Å². The average molecular weight is 234 g/mol. The van der Waals surface area contributed by atoms with Crippen LogP contribution < -0.4 is 0 Å². The van der Waals surface area contributed by atoms with E-state index in [1.807, 2.05) is 0 Å². The molecule has 0 amide bonds. The maximum Gasteiger partial charge on any atom is 0.338 e. The van der Waals surface area contributed by atoms with Gasteiger partial charge in [0.15, 0.2) is 5.78 Å². The third-order valence-corrected chi connectivity index (χ3v) is 5.05. The van der Waals surface area contributed by atoms with Crippen molar-refractivity contribution in [3.05, 3.63) is 12.2 Å². The van der Waals surface area contributed by atoms with Gasteiger partial charge >= 0.3 is 5.97 Å². The van der Waals surface area contributed by atoms with E-state index in [1.54, 1.807) is 0 Å². The van der Waals surface area contributed by atoms with E-state index in [4.69, 9.17) is 5.11 Å². The summed E-state index contributed by atoms with van der Waals surface area (Å²) < 4.78 is 0. The summed E-state index contributed by atoms with van der Waals surface area (Å²) in [5.41, 5.74) is -0.559. The van der Waals surface area contributed by atoms with Gasteiger partial charge in [-0.1, -0.05) is 6.58 Å². The second kappa shape index (κ2) is 3.44. The number of ketones is 1. The van der Waals surface area contributed by atoms with Crippen molar-refractivity contribution in [2.24, 2.45) is 23.2 Å². The van der Waals surface area contributed by atoms with Gasteiger partial charge < -0.3 is 5.11 Å². The van der Waals surface area contributed by atoms with Gasteiger partial charge in [-0.3, -0.25) is 4.79 Å². The van der Waals surface area contributed by atoms with E-state index in [0.717, 1.165) is 19.3 Å². The summed E-state index contributed by atoms with van der Waals surface area (Å²) >= 11 is 0. The Morgan fingerprint density at radius 3 is 1.76 bits per heavy atom. The van der Waals surface area contributed by atoms with E-state index in [1.165, 1.54) is 19.3 Å². The average Bonchev–Trinajstić information content (AvgIpc) is 2.25. The number of Topliss-reactive ketones (excluding diaryl/α,β-unsaturated/α-hetero) is 1. The first-order valence-corrected chi connectivity index (χ1v) is 6.47. The molecule has 0 aliphatic heterocycles. The molecule has 0 atom stereocenters. The maximum absolute atomic E-state index is 12.4. The Morgan fingerprint density at radius 2 is 1.41 bits per heavy atom. The first kappa shape index (κ1) is 11.0. The number of carbonyl (C=O) groups excluding carboxylic acids is 1. The molecular formula is C14H18O3. The number of rotatable bonds is 3. The van der Waals surface area contributed by atoms with Crippen LogP contribution in [0.5, 0.6) is 0 Å². The maximum atomic E-state index is 12.4. The third kappa shape index (κ3) is 1.55. The van der Waals surface area contributed by atoms with Crippen molar-refractivity contribution < 1.29 is 14.7 Å². The van der Waals surface area contributed by atoms with Crippen molar-refractivity contribution in [3.8, 4) is 0 Å². The van der Waals surface area contributed by atoms with Crippen LogP contribution in [0.1, 0.15) is 38.5 Å². The van der Waals surface area contributed by atoms with Crippen LogP contribution in [0.2, 0.25) is 0 Å². The zero-order chi connectivity index (χ0) is 12.2. The Morgan fingerprint density at radius 1 is 1.00 bits per heavy atom. The summed E-state index contributed by atoms with van der Waals surface area (Å²) in [6.07, 6.45) is 6.49. The van der Waals surface area contributed by atoms with Crippen LogP contribution in [0.3, 0.4) is 0 Å². The van der Waals surface area contributed by atoms with E-state index >= 15 is 0 Å². The zero-order valence-electron chi connectivity index (χ0n) is 9.95. The van der Waals surface area contributed by atoms with Crippen LogP contribution in [-0.4, -0.2) is 16.9 Å². The van der Waals surface area contributed by atoms with Crippen LogP contribution in [0.15, 0.2) is 12.2 Å². The van der Waals surface area contributed by atoms with Crippen molar-refractivity contribution in [2.75, 3.05) is 0 Å². The fraction of sp³-hybridized carbons (Fsp3) is 0.714. The number of carboxylic acid groups (broad SMARTS) is 1. The number of carboxylic acids is 1. The molecule has 0 aromatic heterocycles. The van der Waals surface area contributed by atoms with E-state index in [2.05, 4.69) is 6.58 Å². The monoisotopic (exact) mass is 234 g/mol.